The number of nitrogens with zero attached hydrogens (tertiary/aromatic N) is 1. The van der Waals surface area contributed by atoms with Crippen LogP contribution in [0, 0.1) is 0 Å². The molecule has 1 aliphatic rings. The third-order valence-electron chi connectivity index (χ3n) is 4.39. The minimum absolute atomic E-state index is 0.907. The van der Waals surface area contributed by atoms with E-state index in [1.807, 2.05) is 11.8 Å². The number of aliphatic imine (C=N–C) groups is 1. The van der Waals surface area contributed by atoms with Crippen LogP contribution in [0.4, 0.5) is 0 Å². The summed E-state index contributed by atoms with van der Waals surface area (Å²) in [6.45, 7) is 1.91. The molecule has 1 aliphatic heterocycles. The first kappa shape index (κ1) is 16.7. The minimum atomic E-state index is 0.907. The lowest BCUT2D eigenvalue weighted by Crippen LogP contribution is -2.31. The highest BCUT2D eigenvalue weighted by Gasteiger charge is 2.14. The summed E-state index contributed by atoms with van der Waals surface area (Å²) < 4.78 is 1.15. The number of rotatable bonds is 4. The van der Waals surface area contributed by atoms with E-state index in [2.05, 4.69) is 86.9 Å². The van der Waals surface area contributed by atoms with Gasteiger partial charge in [0.15, 0.2) is 0 Å². The van der Waals surface area contributed by atoms with Crippen molar-refractivity contribution < 1.29 is 0 Å². The van der Waals surface area contributed by atoms with Crippen molar-refractivity contribution in [1.29, 1.82) is 0 Å². The quantitative estimate of drug-likeness (QED) is 0.563. The molecule has 3 aromatic rings. The van der Waals surface area contributed by atoms with E-state index >= 15 is 0 Å². The van der Waals surface area contributed by atoms with Crippen LogP contribution in [0.25, 0.3) is 10.8 Å². The van der Waals surface area contributed by atoms with Crippen LogP contribution in [-0.4, -0.2) is 18.9 Å². The van der Waals surface area contributed by atoms with E-state index in [-0.39, 0.29) is 0 Å². The fourth-order valence-electron chi connectivity index (χ4n) is 3.11. The van der Waals surface area contributed by atoms with Crippen molar-refractivity contribution in [2.45, 2.75) is 17.1 Å². The maximum absolute atomic E-state index is 4.68. The van der Waals surface area contributed by atoms with Gasteiger partial charge in [0.2, 0.25) is 0 Å². The lowest BCUT2D eigenvalue weighted by Gasteiger charge is -2.18. The van der Waals surface area contributed by atoms with Crippen molar-refractivity contribution in [3.8, 4) is 0 Å². The largest absolute Gasteiger partial charge is 0.370 e. The highest BCUT2D eigenvalue weighted by Crippen LogP contribution is 2.33. The second-order valence-electron chi connectivity index (χ2n) is 6.04. The normalized spacial score (nSPS) is 14.2. The molecule has 1 N–H and O–H groups in total. The number of fused-ring (bicyclic) bond motifs is 1. The minimum Gasteiger partial charge on any atom is -0.370 e. The molecule has 0 aromatic heterocycles. The molecule has 126 valence electrons. The van der Waals surface area contributed by atoms with Crippen LogP contribution in [0.15, 0.2) is 75.0 Å². The summed E-state index contributed by atoms with van der Waals surface area (Å²) >= 11 is 5.62. The molecule has 0 fully saturated rings. The molecule has 0 amide bonds. The van der Waals surface area contributed by atoms with E-state index < -0.39 is 0 Å². The van der Waals surface area contributed by atoms with Crippen molar-refractivity contribution in [2.75, 3.05) is 13.1 Å². The van der Waals surface area contributed by atoms with Crippen molar-refractivity contribution in [3.05, 3.63) is 76.3 Å². The first-order chi connectivity index (χ1) is 12.3. The number of nitrogens with one attached hydrogen (secondary N) is 1. The van der Waals surface area contributed by atoms with Gasteiger partial charge in [-0.05, 0) is 34.9 Å². The Labute approximate surface area is 160 Å². The summed E-state index contributed by atoms with van der Waals surface area (Å²) in [5.41, 5.74) is 2.51. The molecule has 3 aromatic carbocycles. The lowest BCUT2D eigenvalue weighted by molar-refractivity contribution is 0.742. The summed E-state index contributed by atoms with van der Waals surface area (Å²) in [5.74, 6) is 1.94. The highest BCUT2D eigenvalue weighted by molar-refractivity contribution is 9.10. The van der Waals surface area contributed by atoms with Gasteiger partial charge in [-0.15, -0.1) is 11.8 Å². The third kappa shape index (κ3) is 3.60. The van der Waals surface area contributed by atoms with Crippen LogP contribution in [0.2, 0.25) is 0 Å². The van der Waals surface area contributed by atoms with Gasteiger partial charge in [0.05, 0.1) is 0 Å². The van der Waals surface area contributed by atoms with Gasteiger partial charge in [-0.2, -0.15) is 0 Å². The van der Waals surface area contributed by atoms with Gasteiger partial charge in [0.25, 0.3) is 0 Å². The maximum Gasteiger partial charge on any atom is 0.128 e. The Morgan fingerprint density at radius 1 is 1.00 bits per heavy atom. The standard InChI is InChI=1S/C21H19BrN2S/c22-19-10-4-9-17(21-23-12-5-13-24-21)18(19)14-25-20-11-3-7-15-6-1-2-8-16(15)20/h1-4,6-11H,5,12-14H2,(H,23,24). The molecule has 0 aliphatic carbocycles. The molecule has 0 bridgehead atoms. The second-order valence-corrected chi connectivity index (χ2v) is 7.91. The Morgan fingerprint density at radius 2 is 1.84 bits per heavy atom. The molecule has 4 heteroatoms. The predicted octanol–water partition coefficient (Wildman–Crippen LogP) is 5.63. The average molecular weight is 411 g/mol. The molecule has 0 atom stereocenters. The van der Waals surface area contributed by atoms with Crippen molar-refractivity contribution in [1.82, 2.24) is 5.32 Å². The summed E-state index contributed by atoms with van der Waals surface area (Å²) in [7, 11) is 0. The molecule has 0 radical (unpaired) electrons. The molecular formula is C21H19BrN2S. The van der Waals surface area contributed by atoms with E-state index in [1.54, 1.807) is 0 Å². The Bertz CT molecular complexity index is 931. The van der Waals surface area contributed by atoms with Gasteiger partial charge < -0.3 is 5.32 Å². The van der Waals surface area contributed by atoms with Gasteiger partial charge in [-0.1, -0.05) is 64.5 Å². The summed E-state index contributed by atoms with van der Waals surface area (Å²) in [4.78, 5) is 6.00. The molecule has 0 spiro atoms. The van der Waals surface area contributed by atoms with Crippen LogP contribution >= 0.6 is 27.7 Å². The Morgan fingerprint density at radius 3 is 2.72 bits per heavy atom. The molecule has 2 nitrogen and oxygen atoms in total. The van der Waals surface area contributed by atoms with Gasteiger partial charge >= 0.3 is 0 Å². The number of halogens is 1. The molecule has 0 unspecified atom stereocenters. The summed E-state index contributed by atoms with van der Waals surface area (Å²) in [5, 5.41) is 6.06. The first-order valence-electron chi connectivity index (χ1n) is 8.49. The average Bonchev–Trinajstić information content (AvgIpc) is 2.67. The molecule has 0 saturated carbocycles. The molecule has 4 rings (SSSR count). The van der Waals surface area contributed by atoms with Crippen LogP contribution < -0.4 is 5.32 Å². The fraction of sp³-hybridized carbons (Fsp3) is 0.190. The van der Waals surface area contributed by atoms with Gasteiger partial charge in [-0.25, -0.2) is 0 Å². The van der Waals surface area contributed by atoms with E-state index in [4.69, 9.17) is 0 Å². The zero-order valence-electron chi connectivity index (χ0n) is 13.8. The van der Waals surface area contributed by atoms with E-state index in [0.717, 1.165) is 35.6 Å². The monoisotopic (exact) mass is 410 g/mol. The van der Waals surface area contributed by atoms with E-state index in [0.29, 0.717) is 0 Å². The number of benzene rings is 3. The zero-order valence-corrected chi connectivity index (χ0v) is 16.2. The third-order valence-corrected chi connectivity index (χ3v) is 6.24. The summed E-state index contributed by atoms with van der Waals surface area (Å²) in [6, 6.07) is 21.5. The van der Waals surface area contributed by atoms with E-state index in [1.165, 1.54) is 26.8 Å². The maximum atomic E-state index is 4.68. The molecular weight excluding hydrogens is 392 g/mol. The SMILES string of the molecule is Brc1cccc(C2=NCCCN2)c1CSc1cccc2ccccc12. The first-order valence-corrected chi connectivity index (χ1v) is 10.3. The second kappa shape index (κ2) is 7.63. The number of hydrogen-bond donors (Lipinski definition) is 1. The fourth-order valence-corrected chi connectivity index (χ4v) is 4.93. The van der Waals surface area contributed by atoms with Gasteiger partial charge in [0, 0.05) is 33.8 Å². The number of amidine groups is 1. The Kier molecular flexibility index (Phi) is 5.09. The molecule has 0 saturated heterocycles. The van der Waals surface area contributed by atoms with Crippen LogP contribution in [0.1, 0.15) is 17.5 Å². The Balaban J connectivity index is 1.66. The smallest absolute Gasteiger partial charge is 0.128 e. The Hall–Kier alpha value is -1.78. The predicted molar refractivity (Wildman–Crippen MR) is 112 cm³/mol. The van der Waals surface area contributed by atoms with Crippen LogP contribution in [0.5, 0.6) is 0 Å². The van der Waals surface area contributed by atoms with E-state index in [9.17, 15) is 0 Å². The lowest BCUT2D eigenvalue weighted by atomic mass is 10.1. The zero-order chi connectivity index (χ0) is 17.1. The number of thioether (sulfide) groups is 1. The van der Waals surface area contributed by atoms with Crippen molar-refractivity contribution in [2.24, 2.45) is 4.99 Å². The summed E-state index contributed by atoms with van der Waals surface area (Å²) in [6.07, 6.45) is 1.11. The van der Waals surface area contributed by atoms with Gasteiger partial charge in [-0.3, -0.25) is 4.99 Å². The topological polar surface area (TPSA) is 24.4 Å². The van der Waals surface area contributed by atoms with Crippen LogP contribution in [-0.2, 0) is 5.75 Å². The molecule has 1 heterocycles. The van der Waals surface area contributed by atoms with Crippen molar-refractivity contribution in [3.63, 3.8) is 0 Å². The van der Waals surface area contributed by atoms with Crippen LogP contribution in [0.3, 0.4) is 0 Å². The molecule has 25 heavy (non-hydrogen) atoms. The van der Waals surface area contributed by atoms with Gasteiger partial charge in [0.1, 0.15) is 5.84 Å². The number of hydrogen-bond acceptors (Lipinski definition) is 3. The highest BCUT2D eigenvalue weighted by atomic mass is 79.9. The van der Waals surface area contributed by atoms with Crippen molar-refractivity contribution >= 4 is 44.3 Å².